The molecule has 1 atom stereocenters. The van der Waals surface area contributed by atoms with Gasteiger partial charge in [0.25, 0.3) is 0 Å². The molecular formula is C21H20O4. The van der Waals surface area contributed by atoms with E-state index in [1.165, 1.54) is 0 Å². The van der Waals surface area contributed by atoms with E-state index in [4.69, 9.17) is 14.2 Å². The van der Waals surface area contributed by atoms with E-state index < -0.39 is 5.60 Å². The largest absolute Gasteiger partial charge is 0.496 e. The monoisotopic (exact) mass is 336 g/mol. The lowest BCUT2D eigenvalue weighted by molar-refractivity contribution is 0.0840. The van der Waals surface area contributed by atoms with Gasteiger partial charge < -0.3 is 14.2 Å². The van der Waals surface area contributed by atoms with Crippen LogP contribution in [-0.4, -0.2) is 18.5 Å². The topological polar surface area (TPSA) is 44.8 Å². The van der Waals surface area contributed by atoms with Gasteiger partial charge in [0.05, 0.1) is 19.1 Å². The van der Waals surface area contributed by atoms with Crippen LogP contribution in [0.25, 0.3) is 6.08 Å². The Kier molecular flexibility index (Phi) is 3.57. The fraction of sp³-hybridized carbons (Fsp3) is 0.286. The zero-order chi connectivity index (χ0) is 17.6. The van der Waals surface area contributed by atoms with E-state index >= 15 is 0 Å². The van der Waals surface area contributed by atoms with Crippen LogP contribution in [0, 0.1) is 0 Å². The number of carbonyl (C=O) groups is 1. The van der Waals surface area contributed by atoms with Gasteiger partial charge in [0.1, 0.15) is 34.5 Å². The molecule has 2 aliphatic rings. The number of methoxy groups -OCH3 is 1. The summed E-state index contributed by atoms with van der Waals surface area (Å²) in [5, 5.41) is 0. The van der Waals surface area contributed by atoms with Crippen LogP contribution in [0.1, 0.15) is 47.9 Å². The highest BCUT2D eigenvalue weighted by molar-refractivity contribution is 6.04. The summed E-state index contributed by atoms with van der Waals surface area (Å²) in [5.41, 5.74) is 1.87. The molecule has 0 radical (unpaired) electrons. The van der Waals surface area contributed by atoms with E-state index in [1.54, 1.807) is 13.2 Å². The second-order valence-electron chi connectivity index (χ2n) is 6.88. The lowest BCUT2D eigenvalue weighted by atomic mass is 9.91. The standard InChI is InChI=1S/C21H20O4/c1-21(2)10-9-14-17(25-21)12-18(23-3)19-15(22)11-16(24-20(14)19)13-7-5-4-6-8-13/h4-10,12,16H,11H2,1-3H3. The summed E-state index contributed by atoms with van der Waals surface area (Å²) < 4.78 is 17.8. The van der Waals surface area contributed by atoms with E-state index in [-0.39, 0.29) is 11.9 Å². The van der Waals surface area contributed by atoms with Crippen molar-refractivity contribution in [3.05, 3.63) is 59.2 Å². The number of hydrogen-bond donors (Lipinski definition) is 0. The first-order chi connectivity index (χ1) is 12.0. The predicted molar refractivity (Wildman–Crippen MR) is 95.5 cm³/mol. The summed E-state index contributed by atoms with van der Waals surface area (Å²) in [5.74, 6) is 1.74. The number of fused-ring (bicyclic) bond motifs is 3. The lowest BCUT2D eigenvalue weighted by Gasteiger charge is -2.33. The first-order valence-corrected chi connectivity index (χ1v) is 8.36. The molecule has 2 heterocycles. The SMILES string of the molecule is COc1cc2c(c3c1C(=O)CC(c1ccccc1)O3)C=CC(C)(C)O2. The van der Waals surface area contributed by atoms with E-state index in [9.17, 15) is 4.79 Å². The summed E-state index contributed by atoms with van der Waals surface area (Å²) in [6, 6.07) is 11.6. The van der Waals surface area contributed by atoms with Crippen molar-refractivity contribution in [3.63, 3.8) is 0 Å². The van der Waals surface area contributed by atoms with Crippen molar-refractivity contribution in [2.24, 2.45) is 0 Å². The molecule has 2 aliphatic heterocycles. The lowest BCUT2D eigenvalue weighted by Crippen LogP contribution is -2.29. The van der Waals surface area contributed by atoms with Crippen LogP contribution in [0.3, 0.4) is 0 Å². The molecule has 0 N–H and O–H groups in total. The number of benzene rings is 2. The first-order valence-electron chi connectivity index (χ1n) is 8.36. The van der Waals surface area contributed by atoms with Gasteiger partial charge in [-0.05, 0) is 31.6 Å². The van der Waals surface area contributed by atoms with Crippen LogP contribution in [0.4, 0.5) is 0 Å². The quantitative estimate of drug-likeness (QED) is 0.805. The van der Waals surface area contributed by atoms with Gasteiger partial charge in [-0.15, -0.1) is 0 Å². The number of carbonyl (C=O) groups excluding carboxylic acids is 1. The van der Waals surface area contributed by atoms with E-state index in [0.29, 0.717) is 29.2 Å². The van der Waals surface area contributed by atoms with Gasteiger partial charge in [-0.3, -0.25) is 4.79 Å². The molecule has 0 aliphatic carbocycles. The number of ether oxygens (including phenoxy) is 3. The van der Waals surface area contributed by atoms with Gasteiger partial charge in [-0.2, -0.15) is 0 Å². The van der Waals surface area contributed by atoms with Crippen molar-refractivity contribution in [1.29, 1.82) is 0 Å². The van der Waals surface area contributed by atoms with Crippen molar-refractivity contribution in [2.45, 2.75) is 32.0 Å². The zero-order valence-corrected chi connectivity index (χ0v) is 14.5. The Balaban J connectivity index is 1.86. The molecule has 0 spiro atoms. The van der Waals surface area contributed by atoms with Crippen LogP contribution >= 0.6 is 0 Å². The van der Waals surface area contributed by atoms with Gasteiger partial charge in [-0.25, -0.2) is 0 Å². The van der Waals surface area contributed by atoms with Crippen molar-refractivity contribution in [1.82, 2.24) is 0 Å². The van der Waals surface area contributed by atoms with Crippen molar-refractivity contribution in [3.8, 4) is 17.2 Å². The molecule has 1 unspecified atom stereocenters. The maximum Gasteiger partial charge on any atom is 0.174 e. The summed E-state index contributed by atoms with van der Waals surface area (Å²) in [7, 11) is 1.56. The van der Waals surface area contributed by atoms with E-state index in [1.807, 2.05) is 56.3 Å². The maximum absolute atomic E-state index is 12.8. The molecule has 0 aromatic heterocycles. The molecule has 25 heavy (non-hydrogen) atoms. The third-order valence-corrected chi connectivity index (χ3v) is 4.57. The minimum absolute atomic E-state index is 0.0213. The third kappa shape index (κ3) is 2.68. The highest BCUT2D eigenvalue weighted by Gasteiger charge is 2.35. The first kappa shape index (κ1) is 15.8. The van der Waals surface area contributed by atoms with Crippen molar-refractivity contribution < 1.29 is 19.0 Å². The Hall–Kier alpha value is -2.75. The molecule has 128 valence electrons. The second kappa shape index (κ2) is 5.66. The van der Waals surface area contributed by atoms with E-state index in [2.05, 4.69) is 0 Å². The fourth-order valence-corrected chi connectivity index (χ4v) is 3.33. The maximum atomic E-state index is 12.8. The third-order valence-electron chi connectivity index (χ3n) is 4.57. The minimum Gasteiger partial charge on any atom is -0.496 e. The predicted octanol–water partition coefficient (Wildman–Crippen LogP) is 4.59. The van der Waals surface area contributed by atoms with E-state index in [0.717, 1.165) is 11.1 Å². The summed E-state index contributed by atoms with van der Waals surface area (Å²) in [6.07, 6.45) is 3.93. The molecule has 0 amide bonds. The second-order valence-corrected chi connectivity index (χ2v) is 6.88. The number of Topliss-reactive ketones (excluding diaryl/α,β-unsaturated/α-hetero) is 1. The van der Waals surface area contributed by atoms with Crippen LogP contribution in [0.15, 0.2) is 42.5 Å². The van der Waals surface area contributed by atoms with Gasteiger partial charge in [0.2, 0.25) is 0 Å². The highest BCUT2D eigenvalue weighted by Crippen LogP contribution is 2.48. The molecule has 4 rings (SSSR count). The smallest absolute Gasteiger partial charge is 0.174 e. The average molecular weight is 336 g/mol. The summed E-state index contributed by atoms with van der Waals surface area (Å²) in [6.45, 7) is 3.97. The molecule has 0 bridgehead atoms. The van der Waals surface area contributed by atoms with Gasteiger partial charge in [0.15, 0.2) is 5.78 Å². The molecule has 0 saturated carbocycles. The molecule has 4 nitrogen and oxygen atoms in total. The average Bonchev–Trinajstić information content (AvgIpc) is 2.60. The normalized spacial score (nSPS) is 20.1. The highest BCUT2D eigenvalue weighted by atomic mass is 16.5. The molecule has 0 saturated heterocycles. The van der Waals surface area contributed by atoms with Crippen molar-refractivity contribution in [2.75, 3.05) is 7.11 Å². The van der Waals surface area contributed by atoms with Gasteiger partial charge in [-0.1, -0.05) is 30.3 Å². The van der Waals surface area contributed by atoms with Crippen molar-refractivity contribution >= 4 is 11.9 Å². The Bertz CT molecular complexity index is 865. The number of hydrogen-bond acceptors (Lipinski definition) is 4. The van der Waals surface area contributed by atoms with Crippen LogP contribution in [0.2, 0.25) is 0 Å². The minimum atomic E-state index is -0.413. The molecule has 2 aromatic carbocycles. The number of rotatable bonds is 2. The Morgan fingerprint density at radius 1 is 1.20 bits per heavy atom. The van der Waals surface area contributed by atoms with Gasteiger partial charge >= 0.3 is 0 Å². The van der Waals surface area contributed by atoms with Crippen LogP contribution in [0.5, 0.6) is 17.2 Å². The Morgan fingerprint density at radius 2 is 1.96 bits per heavy atom. The number of ketones is 1. The molecular weight excluding hydrogens is 316 g/mol. The summed E-state index contributed by atoms with van der Waals surface area (Å²) >= 11 is 0. The fourth-order valence-electron chi connectivity index (χ4n) is 3.33. The Labute approximate surface area is 147 Å². The van der Waals surface area contributed by atoms with Gasteiger partial charge in [0, 0.05) is 6.07 Å². The van der Waals surface area contributed by atoms with Crippen LogP contribution in [-0.2, 0) is 0 Å². The molecule has 2 aromatic rings. The molecule has 4 heteroatoms. The molecule has 0 fully saturated rings. The zero-order valence-electron chi connectivity index (χ0n) is 14.5. The Morgan fingerprint density at radius 3 is 2.68 bits per heavy atom. The van der Waals surface area contributed by atoms with Crippen LogP contribution < -0.4 is 14.2 Å². The summed E-state index contributed by atoms with van der Waals surface area (Å²) in [4.78, 5) is 12.8.